The van der Waals surface area contributed by atoms with Crippen LogP contribution in [0.15, 0.2) is 65.6 Å². The SMILES string of the molecule is NS(=O)(=O)c1ccc(C2=CC(C(F)(F)F)(C(F)(F)F)C=C2c2ccc(Cl)cc2)cc1. The number of halogens is 7. The van der Waals surface area contributed by atoms with Crippen LogP contribution in [0, 0.1) is 5.41 Å². The van der Waals surface area contributed by atoms with Gasteiger partial charge in [-0.05, 0) is 58.7 Å². The molecule has 0 aromatic heterocycles. The number of sulfonamides is 1. The molecular formula is C19H12ClF6NO2S. The van der Waals surface area contributed by atoms with E-state index in [9.17, 15) is 34.8 Å². The Balaban J connectivity index is 2.26. The Bertz CT molecular complexity index is 1120. The Labute approximate surface area is 172 Å². The first-order valence-corrected chi connectivity index (χ1v) is 10.1. The lowest BCUT2D eigenvalue weighted by Crippen LogP contribution is -2.46. The largest absolute Gasteiger partial charge is 0.410 e. The first-order chi connectivity index (χ1) is 13.7. The third kappa shape index (κ3) is 3.86. The molecule has 0 fully saturated rings. The predicted octanol–water partition coefficient (Wildman–Crippen LogP) is 5.58. The van der Waals surface area contributed by atoms with Crippen LogP contribution < -0.4 is 5.14 Å². The zero-order valence-electron chi connectivity index (χ0n) is 14.7. The van der Waals surface area contributed by atoms with Gasteiger partial charge in [0.1, 0.15) is 0 Å². The predicted molar refractivity (Wildman–Crippen MR) is 99.8 cm³/mol. The Morgan fingerprint density at radius 3 is 1.43 bits per heavy atom. The maximum atomic E-state index is 13.6. The average molecular weight is 468 g/mol. The Morgan fingerprint density at radius 1 is 0.733 bits per heavy atom. The maximum absolute atomic E-state index is 13.6. The molecular weight excluding hydrogens is 456 g/mol. The van der Waals surface area contributed by atoms with E-state index >= 15 is 0 Å². The molecule has 2 aromatic rings. The first kappa shape index (κ1) is 22.4. The summed E-state index contributed by atoms with van der Waals surface area (Å²) in [5.74, 6) is 0. The van der Waals surface area contributed by atoms with Crippen molar-refractivity contribution in [2.24, 2.45) is 10.6 Å². The van der Waals surface area contributed by atoms with Crippen LogP contribution in [0.3, 0.4) is 0 Å². The summed E-state index contributed by atoms with van der Waals surface area (Å²) in [5, 5.41) is 5.23. The van der Waals surface area contributed by atoms with Crippen molar-refractivity contribution in [1.82, 2.24) is 0 Å². The van der Waals surface area contributed by atoms with Crippen molar-refractivity contribution in [3.05, 3.63) is 76.8 Å². The number of hydrogen-bond acceptors (Lipinski definition) is 2. The third-order valence-corrected chi connectivity index (χ3v) is 5.80. The lowest BCUT2D eigenvalue weighted by Gasteiger charge is -2.30. The standard InChI is InChI=1S/C19H12ClF6NO2S/c20-13-5-1-11(2-6-13)15-9-17(18(21,22)23,19(24,25)26)10-16(15)12-3-7-14(8-4-12)30(27,28)29/h1-10H,(H2,27,28,29). The highest BCUT2D eigenvalue weighted by Gasteiger charge is 2.70. The molecule has 0 unspecified atom stereocenters. The molecule has 0 bridgehead atoms. The van der Waals surface area contributed by atoms with E-state index in [0.29, 0.717) is 0 Å². The minimum atomic E-state index is -5.66. The lowest BCUT2D eigenvalue weighted by molar-refractivity contribution is -0.301. The molecule has 0 aliphatic heterocycles. The molecule has 0 spiro atoms. The molecule has 3 rings (SSSR count). The number of rotatable bonds is 3. The van der Waals surface area contributed by atoms with E-state index in [4.69, 9.17) is 16.7 Å². The second-order valence-corrected chi connectivity index (χ2v) is 8.55. The molecule has 1 aliphatic rings. The number of primary sulfonamides is 1. The van der Waals surface area contributed by atoms with Crippen LogP contribution in [0.1, 0.15) is 11.1 Å². The highest BCUT2D eigenvalue weighted by molar-refractivity contribution is 7.89. The van der Waals surface area contributed by atoms with Crippen LogP contribution in [0.4, 0.5) is 26.3 Å². The van der Waals surface area contributed by atoms with Crippen molar-refractivity contribution in [1.29, 1.82) is 0 Å². The highest BCUT2D eigenvalue weighted by Crippen LogP contribution is 2.59. The van der Waals surface area contributed by atoms with Gasteiger partial charge in [0.25, 0.3) is 0 Å². The minimum Gasteiger partial charge on any atom is -0.225 e. The molecule has 0 radical (unpaired) electrons. The molecule has 0 amide bonds. The van der Waals surface area contributed by atoms with Gasteiger partial charge in [-0.1, -0.05) is 35.9 Å². The van der Waals surface area contributed by atoms with Gasteiger partial charge in [0.05, 0.1) is 4.90 Å². The summed E-state index contributed by atoms with van der Waals surface area (Å²) in [4.78, 5) is -0.334. The fourth-order valence-electron chi connectivity index (χ4n) is 3.07. The van der Waals surface area contributed by atoms with Crippen LogP contribution in [0.25, 0.3) is 11.1 Å². The van der Waals surface area contributed by atoms with Gasteiger partial charge in [0.15, 0.2) is 5.41 Å². The number of alkyl halides is 6. The smallest absolute Gasteiger partial charge is 0.225 e. The summed E-state index contributed by atoms with van der Waals surface area (Å²) in [6.07, 6.45) is -11.1. The molecule has 160 valence electrons. The van der Waals surface area contributed by atoms with Gasteiger partial charge in [-0.3, -0.25) is 0 Å². The van der Waals surface area contributed by atoms with E-state index in [1.807, 2.05) is 0 Å². The van der Waals surface area contributed by atoms with E-state index in [0.717, 1.165) is 24.3 Å². The van der Waals surface area contributed by atoms with Crippen molar-refractivity contribution in [3.63, 3.8) is 0 Å². The molecule has 30 heavy (non-hydrogen) atoms. The molecule has 0 saturated heterocycles. The molecule has 0 saturated carbocycles. The van der Waals surface area contributed by atoms with Gasteiger partial charge in [-0.15, -0.1) is 0 Å². The van der Waals surface area contributed by atoms with Crippen molar-refractivity contribution < 1.29 is 34.8 Å². The van der Waals surface area contributed by atoms with Crippen LogP contribution in [0.5, 0.6) is 0 Å². The first-order valence-electron chi connectivity index (χ1n) is 8.14. The monoisotopic (exact) mass is 467 g/mol. The summed E-state index contributed by atoms with van der Waals surface area (Å²) < 4.78 is 105. The molecule has 0 heterocycles. The number of allylic oxidation sites excluding steroid dienone is 4. The van der Waals surface area contributed by atoms with E-state index in [1.54, 1.807) is 0 Å². The second kappa shape index (κ2) is 7.14. The third-order valence-electron chi connectivity index (χ3n) is 4.62. The normalized spacial score (nSPS) is 16.9. The van der Waals surface area contributed by atoms with Gasteiger partial charge in [-0.2, -0.15) is 26.3 Å². The quantitative estimate of drug-likeness (QED) is 0.599. The van der Waals surface area contributed by atoms with Crippen LogP contribution >= 0.6 is 11.6 Å². The van der Waals surface area contributed by atoms with E-state index < -0.39 is 27.8 Å². The maximum Gasteiger partial charge on any atom is 0.410 e. The average Bonchev–Trinajstić information content (AvgIpc) is 3.04. The Morgan fingerprint density at radius 2 is 1.10 bits per heavy atom. The summed E-state index contributed by atoms with van der Waals surface area (Å²) in [5.41, 5.74) is -4.84. The van der Waals surface area contributed by atoms with Crippen LogP contribution in [-0.4, -0.2) is 20.8 Å². The van der Waals surface area contributed by atoms with Crippen LogP contribution in [0.2, 0.25) is 5.02 Å². The van der Waals surface area contributed by atoms with Crippen molar-refractivity contribution in [2.45, 2.75) is 17.2 Å². The van der Waals surface area contributed by atoms with Gasteiger partial charge in [0.2, 0.25) is 10.0 Å². The van der Waals surface area contributed by atoms with Gasteiger partial charge in [-0.25, -0.2) is 13.6 Å². The Hall–Kier alpha value is -2.30. The van der Waals surface area contributed by atoms with Crippen molar-refractivity contribution in [3.8, 4) is 0 Å². The number of hydrogen-bond donors (Lipinski definition) is 1. The topological polar surface area (TPSA) is 60.2 Å². The molecule has 0 atom stereocenters. The van der Waals surface area contributed by atoms with E-state index in [2.05, 4.69) is 0 Å². The van der Waals surface area contributed by atoms with E-state index in [-0.39, 0.29) is 44.3 Å². The molecule has 2 N–H and O–H groups in total. The van der Waals surface area contributed by atoms with Crippen LogP contribution in [-0.2, 0) is 10.0 Å². The zero-order valence-corrected chi connectivity index (χ0v) is 16.3. The second-order valence-electron chi connectivity index (χ2n) is 6.56. The van der Waals surface area contributed by atoms with Gasteiger partial charge < -0.3 is 0 Å². The van der Waals surface area contributed by atoms with Gasteiger partial charge >= 0.3 is 12.4 Å². The summed E-state index contributed by atoms with van der Waals surface area (Å²) in [6, 6.07) is 9.46. The summed E-state index contributed by atoms with van der Waals surface area (Å²) in [6.45, 7) is 0. The Kier molecular flexibility index (Phi) is 5.33. The summed E-state index contributed by atoms with van der Waals surface area (Å²) in [7, 11) is -4.09. The van der Waals surface area contributed by atoms with Gasteiger partial charge in [0, 0.05) is 5.02 Å². The minimum absolute atomic E-state index is 0.0426. The van der Waals surface area contributed by atoms with Crippen molar-refractivity contribution in [2.75, 3.05) is 0 Å². The molecule has 2 aromatic carbocycles. The number of nitrogens with two attached hydrogens (primary N) is 1. The fraction of sp³-hybridized carbons (Fsp3) is 0.158. The molecule has 1 aliphatic carbocycles. The van der Waals surface area contributed by atoms with Crippen molar-refractivity contribution >= 4 is 32.8 Å². The number of benzene rings is 2. The van der Waals surface area contributed by atoms with E-state index in [1.165, 1.54) is 24.3 Å². The highest BCUT2D eigenvalue weighted by atomic mass is 35.5. The summed E-state index contributed by atoms with van der Waals surface area (Å²) >= 11 is 5.77. The fourth-order valence-corrected chi connectivity index (χ4v) is 3.71. The molecule has 11 heteroatoms. The molecule has 3 nitrogen and oxygen atoms in total. The zero-order chi connectivity index (χ0) is 22.5. The lowest BCUT2D eigenvalue weighted by atomic mass is 9.87.